The molecule has 0 bridgehead atoms. The molecule has 1 aromatic rings. The van der Waals surface area contributed by atoms with Gasteiger partial charge in [-0.1, -0.05) is 11.8 Å². The zero-order valence-electron chi connectivity index (χ0n) is 10.6. The molecule has 0 aliphatic carbocycles. The molecule has 1 unspecified atom stereocenters. The van der Waals surface area contributed by atoms with Gasteiger partial charge in [-0.3, -0.25) is 14.5 Å². The molecule has 1 aliphatic rings. The summed E-state index contributed by atoms with van der Waals surface area (Å²) in [5.74, 6) is 0.289. The van der Waals surface area contributed by atoms with E-state index in [1.165, 1.54) is 17.9 Å². The maximum Gasteiger partial charge on any atom is 0.229 e. The van der Waals surface area contributed by atoms with Crippen LogP contribution >= 0.6 is 27.7 Å². The van der Waals surface area contributed by atoms with E-state index in [2.05, 4.69) is 20.9 Å². The average Bonchev–Trinajstić information content (AvgIpc) is 2.68. The molecule has 2 N–H and O–H groups in total. The Morgan fingerprint density at radius 3 is 2.95 bits per heavy atom. The van der Waals surface area contributed by atoms with Gasteiger partial charge >= 0.3 is 0 Å². The summed E-state index contributed by atoms with van der Waals surface area (Å²) in [6, 6.07) is 3.44. The number of nitriles is 1. The van der Waals surface area contributed by atoms with Crippen LogP contribution in [0.1, 0.15) is 18.9 Å². The summed E-state index contributed by atoms with van der Waals surface area (Å²) < 4.78 is 0.311. The Balaban J connectivity index is 2.27. The standard InChI is InChI=1S/C12H11BrN4O2S/c1-6(18)20-7-2-11(19)17(5-7)10-3-9(15)8(4-14)12(13)16-10/h3,7H,2,5H2,1H3,(H2,15,16). The first kappa shape index (κ1) is 14.8. The van der Waals surface area contributed by atoms with E-state index in [-0.39, 0.29) is 27.5 Å². The van der Waals surface area contributed by atoms with Crippen LogP contribution in [0.5, 0.6) is 0 Å². The third kappa shape index (κ3) is 2.94. The van der Waals surface area contributed by atoms with E-state index in [9.17, 15) is 9.59 Å². The largest absolute Gasteiger partial charge is 0.397 e. The van der Waals surface area contributed by atoms with E-state index >= 15 is 0 Å². The third-order valence-corrected chi connectivity index (χ3v) is 4.36. The van der Waals surface area contributed by atoms with Crippen molar-refractivity contribution < 1.29 is 9.59 Å². The number of hydrogen-bond acceptors (Lipinski definition) is 6. The normalized spacial score (nSPS) is 18.1. The number of nitrogens with zero attached hydrogens (tertiary/aromatic N) is 3. The lowest BCUT2D eigenvalue weighted by molar-refractivity contribution is -0.117. The Morgan fingerprint density at radius 1 is 1.70 bits per heavy atom. The molecular formula is C12H11BrN4O2S. The van der Waals surface area contributed by atoms with Crippen molar-refractivity contribution in [2.24, 2.45) is 0 Å². The van der Waals surface area contributed by atoms with Crippen LogP contribution in [0, 0.1) is 11.3 Å². The van der Waals surface area contributed by atoms with Crippen LogP contribution in [0.4, 0.5) is 11.5 Å². The van der Waals surface area contributed by atoms with Crippen LogP contribution in [0.25, 0.3) is 0 Å². The lowest BCUT2D eigenvalue weighted by Gasteiger charge is -2.16. The van der Waals surface area contributed by atoms with E-state index in [1.54, 1.807) is 0 Å². The van der Waals surface area contributed by atoms with Crippen molar-refractivity contribution in [3.05, 3.63) is 16.2 Å². The van der Waals surface area contributed by atoms with Gasteiger partial charge in [0, 0.05) is 31.2 Å². The van der Waals surface area contributed by atoms with E-state index < -0.39 is 0 Å². The SMILES string of the molecule is CC(=O)SC1CC(=O)N(c2cc(N)c(C#N)c(Br)n2)C1. The van der Waals surface area contributed by atoms with E-state index in [0.29, 0.717) is 23.4 Å². The summed E-state index contributed by atoms with van der Waals surface area (Å²) in [4.78, 5) is 28.7. The predicted molar refractivity (Wildman–Crippen MR) is 80.1 cm³/mol. The third-order valence-electron chi connectivity index (χ3n) is 2.80. The number of hydrogen-bond donors (Lipinski definition) is 1. The van der Waals surface area contributed by atoms with Crippen LogP contribution in [0.2, 0.25) is 0 Å². The Labute approximate surface area is 128 Å². The summed E-state index contributed by atoms with van der Waals surface area (Å²) in [5, 5.41) is 8.84. The fraction of sp³-hybridized carbons (Fsp3) is 0.333. The second-order valence-electron chi connectivity index (χ2n) is 4.29. The minimum Gasteiger partial charge on any atom is -0.397 e. The number of nitrogens with two attached hydrogens (primary N) is 1. The number of rotatable bonds is 2. The molecule has 20 heavy (non-hydrogen) atoms. The lowest BCUT2D eigenvalue weighted by atomic mass is 10.2. The Hall–Kier alpha value is -1.59. The van der Waals surface area contributed by atoms with Gasteiger partial charge in [-0.2, -0.15) is 5.26 Å². The second kappa shape index (κ2) is 5.81. The molecular weight excluding hydrogens is 344 g/mol. The van der Waals surface area contributed by atoms with Crippen molar-refractivity contribution in [3.63, 3.8) is 0 Å². The number of halogens is 1. The maximum atomic E-state index is 12.0. The number of thioether (sulfide) groups is 1. The molecule has 0 saturated carbocycles. The quantitative estimate of drug-likeness (QED) is 0.811. The first-order valence-electron chi connectivity index (χ1n) is 5.76. The number of nitrogen functional groups attached to an aromatic ring is 1. The molecule has 1 aliphatic heterocycles. The van der Waals surface area contributed by atoms with Crippen LogP contribution in [-0.2, 0) is 9.59 Å². The molecule has 1 atom stereocenters. The molecule has 0 radical (unpaired) electrons. The smallest absolute Gasteiger partial charge is 0.229 e. The second-order valence-corrected chi connectivity index (χ2v) is 6.52. The maximum absolute atomic E-state index is 12.0. The van der Waals surface area contributed by atoms with E-state index in [0.717, 1.165) is 11.8 Å². The van der Waals surface area contributed by atoms with Crippen molar-refractivity contribution in [3.8, 4) is 6.07 Å². The zero-order chi connectivity index (χ0) is 14.9. The van der Waals surface area contributed by atoms with Crippen LogP contribution in [0.15, 0.2) is 10.7 Å². The van der Waals surface area contributed by atoms with Gasteiger partial charge in [0.15, 0.2) is 5.12 Å². The van der Waals surface area contributed by atoms with Gasteiger partial charge in [0.2, 0.25) is 5.91 Å². The summed E-state index contributed by atoms with van der Waals surface area (Å²) in [6.07, 6.45) is 0.295. The van der Waals surface area contributed by atoms with Gasteiger partial charge in [0.05, 0.1) is 5.69 Å². The number of pyridine rings is 1. The molecule has 0 aromatic carbocycles. The minimum atomic E-state index is -0.104. The Kier molecular flexibility index (Phi) is 4.30. The fourth-order valence-corrected chi connectivity index (χ4v) is 3.40. The van der Waals surface area contributed by atoms with Crippen LogP contribution < -0.4 is 10.6 Å². The van der Waals surface area contributed by atoms with Gasteiger partial charge in [-0.05, 0) is 15.9 Å². The van der Waals surface area contributed by atoms with Crippen molar-refractivity contribution >= 4 is 50.2 Å². The summed E-state index contributed by atoms with van der Waals surface area (Å²) >= 11 is 4.33. The van der Waals surface area contributed by atoms with Gasteiger partial charge in [0.1, 0.15) is 22.1 Å². The topological polar surface area (TPSA) is 100 Å². The Morgan fingerprint density at radius 2 is 2.40 bits per heavy atom. The Bertz CT molecular complexity index is 605. The number of aromatic nitrogens is 1. The van der Waals surface area contributed by atoms with Gasteiger partial charge in [0.25, 0.3) is 0 Å². The van der Waals surface area contributed by atoms with E-state index in [4.69, 9.17) is 11.0 Å². The number of amides is 1. The van der Waals surface area contributed by atoms with E-state index in [1.807, 2.05) is 6.07 Å². The molecule has 0 spiro atoms. The fourth-order valence-electron chi connectivity index (χ4n) is 1.98. The van der Waals surface area contributed by atoms with Crippen molar-refractivity contribution in [2.75, 3.05) is 17.2 Å². The molecule has 1 saturated heterocycles. The average molecular weight is 355 g/mol. The molecule has 1 amide bonds. The van der Waals surface area contributed by atoms with Gasteiger partial charge < -0.3 is 5.73 Å². The number of anilines is 2. The molecule has 8 heteroatoms. The predicted octanol–water partition coefficient (Wildman–Crippen LogP) is 1.68. The van der Waals surface area contributed by atoms with Crippen molar-refractivity contribution in [1.29, 1.82) is 5.26 Å². The molecule has 104 valence electrons. The zero-order valence-corrected chi connectivity index (χ0v) is 13.0. The number of carbonyl (C=O) groups excluding carboxylic acids is 2. The highest BCUT2D eigenvalue weighted by Crippen LogP contribution is 2.31. The summed E-state index contributed by atoms with van der Waals surface area (Å²) in [6.45, 7) is 1.89. The van der Waals surface area contributed by atoms with Crippen molar-refractivity contribution in [2.45, 2.75) is 18.6 Å². The van der Waals surface area contributed by atoms with Gasteiger partial charge in [-0.15, -0.1) is 0 Å². The van der Waals surface area contributed by atoms with Crippen LogP contribution in [-0.4, -0.2) is 27.8 Å². The summed E-state index contributed by atoms with van der Waals surface area (Å²) in [5.41, 5.74) is 6.28. The minimum absolute atomic E-state index is 0.0156. The molecule has 1 aromatic heterocycles. The van der Waals surface area contributed by atoms with Gasteiger partial charge in [-0.25, -0.2) is 4.98 Å². The highest BCUT2D eigenvalue weighted by Gasteiger charge is 2.33. The van der Waals surface area contributed by atoms with Crippen LogP contribution in [0.3, 0.4) is 0 Å². The highest BCUT2D eigenvalue weighted by atomic mass is 79.9. The monoisotopic (exact) mass is 354 g/mol. The molecule has 2 rings (SSSR count). The first-order valence-corrected chi connectivity index (χ1v) is 7.43. The highest BCUT2D eigenvalue weighted by molar-refractivity contribution is 9.10. The lowest BCUT2D eigenvalue weighted by Crippen LogP contribution is -2.26. The first-order chi connectivity index (χ1) is 9.42. The summed E-state index contributed by atoms with van der Waals surface area (Å²) in [7, 11) is 0. The number of carbonyl (C=O) groups is 2. The molecule has 6 nitrogen and oxygen atoms in total. The molecule has 2 heterocycles. The van der Waals surface area contributed by atoms with Crippen molar-refractivity contribution in [1.82, 2.24) is 4.98 Å². The molecule has 1 fully saturated rings.